The molecule has 0 bridgehead atoms. The van der Waals surface area contributed by atoms with Crippen molar-refractivity contribution in [1.29, 1.82) is 0 Å². The molecule has 1 atom stereocenters. The maximum absolute atomic E-state index is 13.8. The first-order valence-corrected chi connectivity index (χ1v) is 12.6. The van der Waals surface area contributed by atoms with Gasteiger partial charge in [0.2, 0.25) is 0 Å². The number of fused-ring (bicyclic) bond motifs is 1. The van der Waals surface area contributed by atoms with Crippen LogP contribution < -0.4 is 10.1 Å². The lowest BCUT2D eigenvalue weighted by molar-refractivity contribution is -0.155. The highest BCUT2D eigenvalue weighted by atomic mass is 19.1. The molecule has 0 aliphatic rings. The monoisotopic (exact) mass is 512 g/mol. The lowest BCUT2D eigenvalue weighted by atomic mass is 9.92. The molecule has 0 unspecified atom stereocenters. The van der Waals surface area contributed by atoms with Crippen LogP contribution in [0.2, 0.25) is 0 Å². The number of allylic oxidation sites excluding steroid dienone is 1. The Labute approximate surface area is 223 Å². The molecule has 0 aliphatic heterocycles. The van der Waals surface area contributed by atoms with Crippen molar-refractivity contribution >= 4 is 28.3 Å². The van der Waals surface area contributed by atoms with E-state index in [0.29, 0.717) is 23.7 Å². The number of nitrogens with zero attached hydrogens (tertiary/aromatic N) is 1. The summed E-state index contributed by atoms with van der Waals surface area (Å²) in [7, 11) is 0. The number of carbonyl (C=O) groups excluding carboxylic acids is 1. The summed E-state index contributed by atoms with van der Waals surface area (Å²) in [6.45, 7) is 13.7. The first-order chi connectivity index (χ1) is 18.0. The summed E-state index contributed by atoms with van der Waals surface area (Å²) in [6.07, 6.45) is 0. The van der Waals surface area contributed by atoms with E-state index in [1.54, 1.807) is 19.1 Å². The van der Waals surface area contributed by atoms with Crippen molar-refractivity contribution in [2.45, 2.75) is 52.9 Å². The van der Waals surface area contributed by atoms with Crippen molar-refractivity contribution in [3.8, 4) is 16.9 Å². The predicted octanol–water partition coefficient (Wildman–Crippen LogP) is 7.80. The van der Waals surface area contributed by atoms with Gasteiger partial charge in [0.25, 0.3) is 0 Å². The maximum Gasteiger partial charge on any atom is 0.328 e. The van der Waals surface area contributed by atoms with Gasteiger partial charge in [0.1, 0.15) is 35.6 Å². The zero-order chi connectivity index (χ0) is 27.4. The number of esters is 1. The highest BCUT2D eigenvalue weighted by molar-refractivity contribution is 6.03. The van der Waals surface area contributed by atoms with E-state index in [0.717, 1.165) is 33.2 Å². The third-order valence-electron chi connectivity index (χ3n) is 5.88. The Morgan fingerprint density at radius 3 is 2.37 bits per heavy atom. The molecule has 0 amide bonds. The van der Waals surface area contributed by atoms with Gasteiger partial charge in [0.15, 0.2) is 0 Å². The third-order valence-corrected chi connectivity index (χ3v) is 5.88. The van der Waals surface area contributed by atoms with E-state index in [-0.39, 0.29) is 5.82 Å². The third kappa shape index (κ3) is 6.38. The van der Waals surface area contributed by atoms with Gasteiger partial charge >= 0.3 is 5.97 Å². The number of nitrogens with one attached hydrogen (secondary N) is 1. The second kappa shape index (κ2) is 11.1. The lowest BCUT2D eigenvalue weighted by Gasteiger charge is -2.25. The van der Waals surface area contributed by atoms with E-state index < -0.39 is 17.6 Å². The second-order valence-corrected chi connectivity index (χ2v) is 10.4. The molecule has 0 aliphatic carbocycles. The molecule has 0 saturated carbocycles. The topological polar surface area (TPSA) is 60.5 Å². The van der Waals surface area contributed by atoms with E-state index in [1.807, 2.05) is 76.2 Å². The number of carbonyl (C=O) groups is 1. The molecule has 196 valence electrons. The van der Waals surface area contributed by atoms with Crippen molar-refractivity contribution in [3.63, 3.8) is 0 Å². The number of hydrogen-bond acceptors (Lipinski definition) is 5. The predicted molar refractivity (Wildman–Crippen MR) is 152 cm³/mol. The number of pyridine rings is 1. The number of anilines is 1. The van der Waals surface area contributed by atoms with Gasteiger partial charge in [0.05, 0.1) is 5.52 Å². The molecular formula is C32H33FN2O3. The number of ether oxygens (including phenoxy) is 2. The van der Waals surface area contributed by atoms with Crippen LogP contribution in [-0.2, 0) is 16.1 Å². The van der Waals surface area contributed by atoms with Crippen LogP contribution in [0, 0.1) is 5.82 Å². The fourth-order valence-electron chi connectivity index (χ4n) is 4.17. The van der Waals surface area contributed by atoms with Crippen LogP contribution in [0.25, 0.3) is 27.6 Å². The van der Waals surface area contributed by atoms with Crippen LogP contribution in [0.4, 0.5) is 10.2 Å². The van der Waals surface area contributed by atoms with Crippen LogP contribution in [-0.4, -0.2) is 22.6 Å². The number of rotatable bonds is 8. The number of aromatic nitrogens is 1. The highest BCUT2D eigenvalue weighted by Crippen LogP contribution is 2.40. The molecule has 0 fully saturated rings. The number of hydrogen-bond donors (Lipinski definition) is 1. The Morgan fingerprint density at radius 2 is 1.74 bits per heavy atom. The minimum Gasteiger partial charge on any atom is -0.489 e. The summed E-state index contributed by atoms with van der Waals surface area (Å²) in [5.74, 6) is 0.434. The van der Waals surface area contributed by atoms with Gasteiger partial charge in [-0.15, -0.1) is 0 Å². The van der Waals surface area contributed by atoms with Gasteiger partial charge in [-0.1, -0.05) is 49.0 Å². The molecule has 4 aromatic rings. The van der Waals surface area contributed by atoms with Gasteiger partial charge in [-0.25, -0.2) is 14.2 Å². The summed E-state index contributed by atoms with van der Waals surface area (Å²) >= 11 is 0. The molecule has 0 radical (unpaired) electrons. The molecule has 1 aromatic heterocycles. The average Bonchev–Trinajstić information content (AvgIpc) is 2.86. The minimum atomic E-state index is -0.671. The zero-order valence-electron chi connectivity index (χ0n) is 22.5. The van der Waals surface area contributed by atoms with Crippen LogP contribution in [0.5, 0.6) is 5.75 Å². The standard InChI is InChI=1S/C32H33FN2O3/c1-20(2)28-29(23-12-14-24(33)15-13-23)26-17-16-25(37-19-22-10-8-7-9-11-22)18-27(26)35-30(28)34-21(3)31(36)38-32(4,5)6/h7-18,21H,1,19H2,2-6H3,(H,34,35)/t21-/m0/s1. The largest absolute Gasteiger partial charge is 0.489 e. The SMILES string of the molecule is C=C(C)c1c(N[C@@H](C)C(=O)OC(C)(C)C)nc2cc(OCc3ccccc3)ccc2c1-c1ccc(F)cc1. The normalized spacial score (nSPS) is 12.2. The minimum absolute atomic E-state index is 0.322. The van der Waals surface area contributed by atoms with Gasteiger partial charge in [-0.05, 0) is 75.6 Å². The summed E-state index contributed by atoms with van der Waals surface area (Å²) in [5.41, 5.74) is 4.25. The fourth-order valence-corrected chi connectivity index (χ4v) is 4.17. The van der Waals surface area contributed by atoms with Crippen molar-refractivity contribution in [2.24, 2.45) is 0 Å². The summed E-state index contributed by atoms with van der Waals surface area (Å²) in [6, 6.07) is 21.3. The van der Waals surface area contributed by atoms with Crippen LogP contribution in [0.15, 0.2) is 79.4 Å². The molecule has 6 heteroatoms. The van der Waals surface area contributed by atoms with E-state index >= 15 is 0 Å². The molecule has 0 saturated heterocycles. The van der Waals surface area contributed by atoms with Crippen molar-refractivity contribution in [1.82, 2.24) is 4.98 Å². The molecule has 4 rings (SSSR count). The molecule has 1 heterocycles. The van der Waals surface area contributed by atoms with Crippen LogP contribution in [0.1, 0.15) is 45.7 Å². The summed E-state index contributed by atoms with van der Waals surface area (Å²) < 4.78 is 25.4. The van der Waals surface area contributed by atoms with Crippen molar-refractivity contribution in [3.05, 3.63) is 96.3 Å². The molecular weight excluding hydrogens is 479 g/mol. The smallest absolute Gasteiger partial charge is 0.328 e. The molecule has 38 heavy (non-hydrogen) atoms. The highest BCUT2D eigenvalue weighted by Gasteiger charge is 2.25. The molecule has 5 nitrogen and oxygen atoms in total. The Kier molecular flexibility index (Phi) is 7.81. The van der Waals surface area contributed by atoms with Crippen molar-refractivity contribution < 1.29 is 18.7 Å². The second-order valence-electron chi connectivity index (χ2n) is 10.4. The van der Waals surface area contributed by atoms with Gasteiger partial charge in [0, 0.05) is 22.6 Å². The van der Waals surface area contributed by atoms with Gasteiger partial charge in [-0.3, -0.25) is 0 Å². The lowest BCUT2D eigenvalue weighted by Crippen LogP contribution is -2.35. The average molecular weight is 513 g/mol. The Hall–Kier alpha value is -4.19. The van der Waals surface area contributed by atoms with E-state index in [9.17, 15) is 9.18 Å². The molecule has 3 aromatic carbocycles. The molecule has 1 N–H and O–H groups in total. The molecule has 0 spiro atoms. The summed E-state index contributed by atoms with van der Waals surface area (Å²) in [4.78, 5) is 17.7. The Morgan fingerprint density at radius 1 is 1.05 bits per heavy atom. The number of halogens is 1. The van der Waals surface area contributed by atoms with Gasteiger partial charge in [-0.2, -0.15) is 0 Å². The Balaban J connectivity index is 1.82. The van der Waals surface area contributed by atoms with Crippen LogP contribution in [0.3, 0.4) is 0 Å². The van der Waals surface area contributed by atoms with Gasteiger partial charge < -0.3 is 14.8 Å². The summed E-state index contributed by atoms with van der Waals surface area (Å²) in [5, 5.41) is 4.10. The quantitative estimate of drug-likeness (QED) is 0.244. The fraction of sp³-hybridized carbons (Fsp3) is 0.250. The maximum atomic E-state index is 13.8. The number of benzene rings is 3. The van der Waals surface area contributed by atoms with E-state index in [2.05, 4.69) is 11.9 Å². The first-order valence-electron chi connectivity index (χ1n) is 12.6. The van der Waals surface area contributed by atoms with Crippen LogP contribution >= 0.6 is 0 Å². The Bertz CT molecular complexity index is 1460. The van der Waals surface area contributed by atoms with E-state index in [4.69, 9.17) is 14.5 Å². The van der Waals surface area contributed by atoms with Crippen molar-refractivity contribution in [2.75, 3.05) is 5.32 Å². The van der Waals surface area contributed by atoms with E-state index in [1.165, 1.54) is 12.1 Å². The zero-order valence-corrected chi connectivity index (χ0v) is 22.5. The first kappa shape index (κ1) is 26.9.